The molecule has 1 aromatic heterocycles. The van der Waals surface area contributed by atoms with Gasteiger partial charge < -0.3 is 18.9 Å². The van der Waals surface area contributed by atoms with Gasteiger partial charge in [-0.25, -0.2) is 9.79 Å². The summed E-state index contributed by atoms with van der Waals surface area (Å²) in [5, 5.41) is 11.3. The average molecular weight is 540 g/mol. The Morgan fingerprint density at radius 3 is 2.42 bits per heavy atom. The Morgan fingerprint density at radius 1 is 1.11 bits per heavy atom. The zero-order chi connectivity index (χ0) is 27.6. The highest BCUT2D eigenvalue weighted by atomic mass is 32.1. The fraction of sp³-hybridized carbons (Fsp3) is 0.269. The van der Waals surface area contributed by atoms with Crippen LogP contribution in [0.1, 0.15) is 31.0 Å². The number of allylic oxidation sites excluding steroid dienone is 1. The molecular formula is C26H25N3O8S. The Kier molecular flexibility index (Phi) is 7.62. The topological polar surface area (TPSA) is 131 Å². The van der Waals surface area contributed by atoms with E-state index in [4.69, 9.17) is 18.9 Å². The zero-order valence-electron chi connectivity index (χ0n) is 21.3. The molecule has 0 fully saturated rings. The first-order chi connectivity index (χ1) is 18.2. The Hall–Kier alpha value is -4.45. The number of benzene rings is 2. The lowest BCUT2D eigenvalue weighted by molar-refractivity contribution is -0.384. The molecule has 0 amide bonds. The number of rotatable bonds is 8. The molecule has 0 saturated heterocycles. The van der Waals surface area contributed by atoms with Gasteiger partial charge in [0.1, 0.15) is 5.75 Å². The molecule has 4 rings (SSSR count). The van der Waals surface area contributed by atoms with Crippen LogP contribution < -0.4 is 29.1 Å². The van der Waals surface area contributed by atoms with E-state index in [0.717, 1.165) is 11.3 Å². The number of carbonyl (C=O) groups excluding carboxylic acids is 1. The molecule has 11 nitrogen and oxygen atoms in total. The number of hydrogen-bond donors (Lipinski definition) is 0. The van der Waals surface area contributed by atoms with Crippen molar-refractivity contribution in [1.82, 2.24) is 4.57 Å². The number of fused-ring (bicyclic) bond motifs is 1. The van der Waals surface area contributed by atoms with Crippen LogP contribution in [0.3, 0.4) is 0 Å². The summed E-state index contributed by atoms with van der Waals surface area (Å²) >= 11 is 1.10. The number of hydrogen-bond acceptors (Lipinski definition) is 10. The van der Waals surface area contributed by atoms with Crippen LogP contribution in [0.2, 0.25) is 0 Å². The molecule has 2 heterocycles. The van der Waals surface area contributed by atoms with Gasteiger partial charge in [0.15, 0.2) is 16.3 Å². The number of thiazole rings is 1. The third-order valence-electron chi connectivity index (χ3n) is 5.95. The molecule has 1 aliphatic rings. The summed E-state index contributed by atoms with van der Waals surface area (Å²) in [6.45, 7) is 3.52. The number of aromatic nitrogens is 1. The van der Waals surface area contributed by atoms with Gasteiger partial charge in [0.2, 0.25) is 0 Å². The smallest absolute Gasteiger partial charge is 0.338 e. The molecule has 0 aliphatic carbocycles. The van der Waals surface area contributed by atoms with Crippen LogP contribution in [0.15, 0.2) is 57.5 Å². The molecule has 0 saturated carbocycles. The summed E-state index contributed by atoms with van der Waals surface area (Å²) in [6.07, 6.45) is 1.52. The summed E-state index contributed by atoms with van der Waals surface area (Å²) in [6, 6.07) is 8.39. The number of esters is 1. The highest BCUT2D eigenvalue weighted by Crippen LogP contribution is 2.36. The zero-order valence-corrected chi connectivity index (χ0v) is 22.2. The van der Waals surface area contributed by atoms with Gasteiger partial charge in [-0.3, -0.25) is 19.5 Å². The number of nitrogens with zero attached hydrogens (tertiary/aromatic N) is 3. The molecule has 38 heavy (non-hydrogen) atoms. The summed E-state index contributed by atoms with van der Waals surface area (Å²) in [5.41, 5.74) is 0.983. The van der Waals surface area contributed by atoms with E-state index in [9.17, 15) is 19.7 Å². The molecule has 0 spiro atoms. The first-order valence-electron chi connectivity index (χ1n) is 11.5. The van der Waals surface area contributed by atoms with Crippen LogP contribution >= 0.6 is 11.3 Å². The molecular weight excluding hydrogens is 514 g/mol. The maximum atomic E-state index is 13.8. The van der Waals surface area contributed by atoms with Gasteiger partial charge in [-0.2, -0.15) is 0 Å². The van der Waals surface area contributed by atoms with Gasteiger partial charge in [-0.05, 0) is 43.7 Å². The minimum atomic E-state index is -0.862. The lowest BCUT2D eigenvalue weighted by Gasteiger charge is -2.25. The first-order valence-corrected chi connectivity index (χ1v) is 12.3. The maximum absolute atomic E-state index is 13.8. The monoisotopic (exact) mass is 539 g/mol. The molecule has 0 bridgehead atoms. The van der Waals surface area contributed by atoms with E-state index in [2.05, 4.69) is 4.99 Å². The van der Waals surface area contributed by atoms with E-state index in [1.165, 1.54) is 50.2 Å². The van der Waals surface area contributed by atoms with Gasteiger partial charge in [0.25, 0.3) is 11.2 Å². The number of nitro benzene ring substituents is 1. The number of ether oxygens (including phenoxy) is 4. The third-order valence-corrected chi connectivity index (χ3v) is 6.93. The Balaban J connectivity index is 1.99. The molecule has 0 unspecified atom stereocenters. The van der Waals surface area contributed by atoms with Crippen molar-refractivity contribution in [1.29, 1.82) is 0 Å². The van der Waals surface area contributed by atoms with Crippen molar-refractivity contribution in [2.75, 3.05) is 27.9 Å². The Morgan fingerprint density at radius 2 is 1.79 bits per heavy atom. The van der Waals surface area contributed by atoms with Crippen molar-refractivity contribution in [2.45, 2.75) is 19.9 Å². The molecule has 0 radical (unpaired) electrons. The Labute approximate surface area is 221 Å². The lowest BCUT2D eigenvalue weighted by atomic mass is 9.95. The summed E-state index contributed by atoms with van der Waals surface area (Å²) in [5.74, 6) is 0.676. The van der Waals surface area contributed by atoms with Crippen molar-refractivity contribution in [3.63, 3.8) is 0 Å². The van der Waals surface area contributed by atoms with Gasteiger partial charge in [-0.1, -0.05) is 17.4 Å². The van der Waals surface area contributed by atoms with Crippen molar-refractivity contribution < 1.29 is 28.7 Å². The quantitative estimate of drug-likeness (QED) is 0.243. The van der Waals surface area contributed by atoms with Crippen LogP contribution in [0, 0.1) is 10.1 Å². The van der Waals surface area contributed by atoms with E-state index in [1.807, 2.05) is 0 Å². The molecule has 3 aromatic rings. The Bertz CT molecular complexity index is 1640. The molecule has 12 heteroatoms. The number of non-ortho nitro benzene ring substituents is 1. The fourth-order valence-corrected chi connectivity index (χ4v) is 5.26. The van der Waals surface area contributed by atoms with Crippen molar-refractivity contribution in [2.24, 2.45) is 4.99 Å². The highest BCUT2D eigenvalue weighted by Gasteiger charge is 2.34. The van der Waals surface area contributed by atoms with Crippen molar-refractivity contribution >= 4 is 29.1 Å². The van der Waals surface area contributed by atoms with Gasteiger partial charge in [0, 0.05) is 17.7 Å². The first kappa shape index (κ1) is 26.6. The lowest BCUT2D eigenvalue weighted by Crippen LogP contribution is -2.40. The van der Waals surface area contributed by atoms with Crippen LogP contribution in [0.5, 0.6) is 17.2 Å². The van der Waals surface area contributed by atoms with Gasteiger partial charge in [-0.15, -0.1) is 0 Å². The predicted molar refractivity (Wildman–Crippen MR) is 140 cm³/mol. The second kappa shape index (κ2) is 10.9. The molecule has 198 valence electrons. The van der Waals surface area contributed by atoms with E-state index in [0.29, 0.717) is 38.9 Å². The second-order valence-electron chi connectivity index (χ2n) is 8.10. The average Bonchev–Trinajstić information content (AvgIpc) is 3.21. The molecule has 0 N–H and O–H groups in total. The van der Waals surface area contributed by atoms with Crippen molar-refractivity contribution in [3.8, 4) is 17.2 Å². The minimum absolute atomic E-state index is 0.144. The summed E-state index contributed by atoms with van der Waals surface area (Å²) in [4.78, 5) is 42.6. The van der Waals surface area contributed by atoms with Crippen LogP contribution in [0.25, 0.3) is 6.08 Å². The third kappa shape index (κ3) is 4.77. The predicted octanol–water partition coefficient (Wildman–Crippen LogP) is 2.73. The summed E-state index contributed by atoms with van der Waals surface area (Å²) < 4.78 is 23.1. The number of carbonyl (C=O) groups is 1. The van der Waals surface area contributed by atoms with E-state index in [1.54, 1.807) is 32.0 Å². The van der Waals surface area contributed by atoms with Crippen LogP contribution in [-0.4, -0.2) is 43.4 Å². The van der Waals surface area contributed by atoms with Gasteiger partial charge in [0.05, 0.1) is 54.7 Å². The van der Waals surface area contributed by atoms with Crippen LogP contribution in [0.4, 0.5) is 5.69 Å². The van der Waals surface area contributed by atoms with Crippen LogP contribution in [-0.2, 0) is 9.53 Å². The molecule has 1 atom stereocenters. The maximum Gasteiger partial charge on any atom is 0.338 e. The standard InChI is InChI=1S/C26H25N3O8S/c1-6-37-25(31)22-14(2)27-26-28(23(22)15-7-9-19(35-4)20(12-15)36-5)24(30)21(38-26)13-16-11-17(29(32)33)8-10-18(16)34-3/h7-13,23H,6H2,1-5H3/b21-13+/t23-/m1/s1. The largest absolute Gasteiger partial charge is 0.496 e. The normalized spacial score (nSPS) is 15.0. The summed E-state index contributed by atoms with van der Waals surface area (Å²) in [7, 11) is 4.44. The minimum Gasteiger partial charge on any atom is -0.496 e. The number of nitro groups is 1. The molecule has 1 aliphatic heterocycles. The fourth-order valence-electron chi connectivity index (χ4n) is 4.22. The second-order valence-corrected chi connectivity index (χ2v) is 9.11. The SMILES string of the molecule is CCOC(=O)C1=C(C)N=c2s/c(=C/c3cc([N+](=O)[O-])ccc3OC)c(=O)n2[C@@H]1c1ccc(OC)c(OC)c1. The van der Waals surface area contributed by atoms with E-state index >= 15 is 0 Å². The van der Waals surface area contributed by atoms with E-state index in [-0.39, 0.29) is 22.4 Å². The molecule has 2 aromatic carbocycles. The van der Waals surface area contributed by atoms with Gasteiger partial charge >= 0.3 is 5.97 Å². The highest BCUT2D eigenvalue weighted by molar-refractivity contribution is 7.07. The van der Waals surface area contributed by atoms with Crippen molar-refractivity contribution in [3.05, 3.63) is 88.6 Å². The number of methoxy groups -OCH3 is 3. The van der Waals surface area contributed by atoms with E-state index < -0.39 is 22.5 Å².